The van der Waals surface area contributed by atoms with Crippen LogP contribution < -0.4 is 10.1 Å². The highest BCUT2D eigenvalue weighted by Gasteiger charge is 2.19. The average Bonchev–Trinajstić information content (AvgIpc) is 2.37. The van der Waals surface area contributed by atoms with Crippen LogP contribution in [0.3, 0.4) is 0 Å². The molecule has 0 unspecified atom stereocenters. The maximum atomic E-state index is 12.9. The lowest BCUT2D eigenvalue weighted by molar-refractivity contribution is -0.142. The van der Waals surface area contributed by atoms with Crippen molar-refractivity contribution in [2.45, 2.75) is 25.8 Å². The fraction of sp³-hybridized carbons (Fsp3) is 0.385. The molecule has 0 saturated heterocycles. The summed E-state index contributed by atoms with van der Waals surface area (Å²) in [5.74, 6) is -1.74. The van der Waals surface area contributed by atoms with Crippen LogP contribution in [-0.2, 0) is 9.59 Å². The van der Waals surface area contributed by atoms with Gasteiger partial charge in [-0.3, -0.25) is 4.79 Å². The Morgan fingerprint density at radius 2 is 2.20 bits per heavy atom. The van der Waals surface area contributed by atoms with E-state index in [0.717, 1.165) is 0 Å². The largest absolute Gasteiger partial charge is 0.483 e. The van der Waals surface area contributed by atoms with Gasteiger partial charge in [-0.2, -0.15) is 0 Å². The summed E-state index contributed by atoms with van der Waals surface area (Å²) in [4.78, 5) is 22.5. The Morgan fingerprint density at radius 3 is 2.75 bits per heavy atom. The Bertz CT molecular complexity index is 495. The first-order valence-corrected chi connectivity index (χ1v) is 6.83. The first kappa shape index (κ1) is 16.4. The number of halogens is 2. The zero-order chi connectivity index (χ0) is 15.1. The maximum absolute atomic E-state index is 12.9. The summed E-state index contributed by atoms with van der Waals surface area (Å²) < 4.78 is 18.4. The monoisotopic (exact) mass is 347 g/mol. The molecular formula is C13H15BrFNO4. The molecule has 1 aromatic carbocycles. The molecule has 0 aromatic heterocycles. The fourth-order valence-electron chi connectivity index (χ4n) is 1.52. The van der Waals surface area contributed by atoms with Gasteiger partial charge in [-0.15, -0.1) is 0 Å². The second-order valence-corrected chi connectivity index (χ2v) is 4.96. The molecule has 0 saturated carbocycles. The summed E-state index contributed by atoms with van der Waals surface area (Å²) in [6, 6.07) is 2.88. The lowest BCUT2D eigenvalue weighted by Gasteiger charge is -2.14. The molecule has 0 heterocycles. The van der Waals surface area contributed by atoms with Gasteiger partial charge in [-0.1, -0.05) is 13.3 Å². The first-order valence-electron chi connectivity index (χ1n) is 6.04. The van der Waals surface area contributed by atoms with E-state index >= 15 is 0 Å². The van der Waals surface area contributed by atoms with E-state index in [1.165, 1.54) is 18.2 Å². The van der Waals surface area contributed by atoms with Crippen molar-refractivity contribution in [2.75, 3.05) is 6.61 Å². The predicted octanol–water partition coefficient (Wildman–Crippen LogP) is 2.34. The van der Waals surface area contributed by atoms with E-state index in [0.29, 0.717) is 23.1 Å². The van der Waals surface area contributed by atoms with Crippen molar-refractivity contribution in [2.24, 2.45) is 0 Å². The lowest BCUT2D eigenvalue weighted by Crippen LogP contribution is -2.42. The number of amides is 1. The van der Waals surface area contributed by atoms with E-state index in [1.54, 1.807) is 0 Å². The van der Waals surface area contributed by atoms with Gasteiger partial charge < -0.3 is 15.2 Å². The number of carboxylic acids is 1. The molecule has 5 nitrogen and oxygen atoms in total. The van der Waals surface area contributed by atoms with Crippen molar-refractivity contribution in [1.29, 1.82) is 0 Å². The topological polar surface area (TPSA) is 75.6 Å². The molecule has 0 fully saturated rings. The predicted molar refractivity (Wildman–Crippen MR) is 74.1 cm³/mol. The van der Waals surface area contributed by atoms with Crippen LogP contribution in [0.5, 0.6) is 5.75 Å². The summed E-state index contributed by atoms with van der Waals surface area (Å²) >= 11 is 3.11. The average molecular weight is 348 g/mol. The van der Waals surface area contributed by atoms with E-state index in [2.05, 4.69) is 21.2 Å². The molecule has 1 amide bonds. The maximum Gasteiger partial charge on any atom is 0.326 e. The molecule has 0 aliphatic heterocycles. The highest BCUT2D eigenvalue weighted by molar-refractivity contribution is 9.10. The molecule has 1 aromatic rings. The van der Waals surface area contributed by atoms with E-state index in [-0.39, 0.29) is 6.61 Å². The smallest absolute Gasteiger partial charge is 0.326 e. The summed E-state index contributed by atoms with van der Waals surface area (Å²) in [6.07, 6.45) is 0.989. The Hall–Kier alpha value is -1.63. The van der Waals surface area contributed by atoms with Crippen molar-refractivity contribution in [1.82, 2.24) is 5.32 Å². The number of rotatable bonds is 7. The molecule has 1 rings (SSSR count). The van der Waals surface area contributed by atoms with Gasteiger partial charge in [-0.25, -0.2) is 9.18 Å². The van der Waals surface area contributed by atoms with Crippen LogP contribution in [0, 0.1) is 5.82 Å². The molecule has 2 N–H and O–H groups in total. The molecule has 1 atom stereocenters. The van der Waals surface area contributed by atoms with Gasteiger partial charge in [-0.05, 0) is 40.5 Å². The molecule has 0 spiro atoms. The number of benzene rings is 1. The van der Waals surface area contributed by atoms with Gasteiger partial charge in [0.05, 0.1) is 4.47 Å². The van der Waals surface area contributed by atoms with Gasteiger partial charge in [0.25, 0.3) is 5.91 Å². The van der Waals surface area contributed by atoms with Crippen LogP contribution in [0.2, 0.25) is 0 Å². The van der Waals surface area contributed by atoms with E-state index in [9.17, 15) is 14.0 Å². The first-order chi connectivity index (χ1) is 9.43. The minimum Gasteiger partial charge on any atom is -0.483 e. The van der Waals surface area contributed by atoms with Gasteiger partial charge >= 0.3 is 5.97 Å². The van der Waals surface area contributed by atoms with Gasteiger partial charge in [0, 0.05) is 0 Å². The minimum absolute atomic E-state index is 0.309. The second-order valence-electron chi connectivity index (χ2n) is 4.11. The standard InChI is InChI=1S/C13H15BrFNO4/c1-2-3-10(13(18)19)16-12(17)7-20-11-5-4-8(15)6-9(11)14/h4-6,10H,2-3,7H2,1H3,(H,16,17)(H,18,19)/t10-/m0/s1. The molecule has 0 radical (unpaired) electrons. The number of carbonyl (C=O) groups excluding carboxylic acids is 1. The van der Waals surface area contributed by atoms with Gasteiger partial charge in [0.1, 0.15) is 17.6 Å². The van der Waals surface area contributed by atoms with Crippen LogP contribution in [0.25, 0.3) is 0 Å². The third-order valence-electron chi connectivity index (χ3n) is 2.46. The third kappa shape index (κ3) is 5.16. The number of nitrogens with one attached hydrogen (secondary N) is 1. The summed E-state index contributed by atoms with van der Waals surface area (Å²) in [7, 11) is 0. The molecular weight excluding hydrogens is 333 g/mol. The van der Waals surface area contributed by atoms with Gasteiger partial charge in [0.2, 0.25) is 0 Å². The van der Waals surface area contributed by atoms with E-state index < -0.39 is 23.7 Å². The number of carbonyl (C=O) groups is 2. The van der Waals surface area contributed by atoms with Crippen LogP contribution in [0.1, 0.15) is 19.8 Å². The summed E-state index contributed by atoms with van der Waals surface area (Å²) in [5, 5.41) is 11.3. The van der Waals surface area contributed by atoms with Crippen molar-refractivity contribution in [3.8, 4) is 5.75 Å². The van der Waals surface area contributed by atoms with Crippen LogP contribution in [-0.4, -0.2) is 29.6 Å². The SMILES string of the molecule is CCC[C@H](NC(=O)COc1ccc(F)cc1Br)C(=O)O. The number of aliphatic carboxylic acids is 1. The Balaban J connectivity index is 2.52. The number of carboxylic acid groups (broad SMARTS) is 1. The Morgan fingerprint density at radius 1 is 1.50 bits per heavy atom. The van der Waals surface area contributed by atoms with Gasteiger partial charge in [0.15, 0.2) is 6.61 Å². The van der Waals surface area contributed by atoms with Crippen molar-refractivity contribution in [3.05, 3.63) is 28.5 Å². The molecule has 7 heteroatoms. The zero-order valence-electron chi connectivity index (χ0n) is 10.9. The van der Waals surface area contributed by atoms with Crippen LogP contribution in [0.15, 0.2) is 22.7 Å². The van der Waals surface area contributed by atoms with E-state index in [1.807, 2.05) is 6.92 Å². The zero-order valence-corrected chi connectivity index (χ0v) is 12.4. The Kier molecular flexibility index (Phi) is 6.44. The van der Waals surface area contributed by atoms with Crippen molar-refractivity contribution in [3.63, 3.8) is 0 Å². The highest BCUT2D eigenvalue weighted by atomic mass is 79.9. The number of hydrogen-bond donors (Lipinski definition) is 2. The molecule has 0 bridgehead atoms. The van der Waals surface area contributed by atoms with Crippen LogP contribution in [0.4, 0.5) is 4.39 Å². The van der Waals surface area contributed by atoms with Crippen molar-refractivity contribution >= 4 is 27.8 Å². The summed E-state index contributed by atoms with van der Waals surface area (Å²) in [5.41, 5.74) is 0. The number of ether oxygens (including phenoxy) is 1. The van der Waals surface area contributed by atoms with Crippen LogP contribution >= 0.6 is 15.9 Å². The molecule has 0 aliphatic carbocycles. The second kappa shape index (κ2) is 7.84. The minimum atomic E-state index is -1.08. The molecule has 20 heavy (non-hydrogen) atoms. The number of hydrogen-bond acceptors (Lipinski definition) is 3. The summed E-state index contributed by atoms with van der Waals surface area (Å²) in [6.45, 7) is 1.49. The van der Waals surface area contributed by atoms with E-state index in [4.69, 9.17) is 9.84 Å². The quantitative estimate of drug-likeness (QED) is 0.793. The Labute approximate surface area is 124 Å². The molecule has 110 valence electrons. The normalized spacial score (nSPS) is 11.8. The molecule has 0 aliphatic rings. The van der Waals surface area contributed by atoms with Crippen molar-refractivity contribution < 1.29 is 23.8 Å². The third-order valence-corrected chi connectivity index (χ3v) is 3.08. The highest BCUT2D eigenvalue weighted by Crippen LogP contribution is 2.25. The fourth-order valence-corrected chi connectivity index (χ4v) is 1.98. The lowest BCUT2D eigenvalue weighted by atomic mass is 10.2.